The average molecular weight is 101 g/mol. The molecule has 0 aliphatic rings. The fourth-order valence-corrected chi connectivity index (χ4v) is 0.693. The van der Waals surface area contributed by atoms with Gasteiger partial charge in [-0.3, -0.25) is 4.74 Å². The Morgan fingerprint density at radius 1 is 1.50 bits per heavy atom. The maximum atomic E-state index is 3.91. The smallest absolute Gasteiger partial charge is 0.221 e. The molecule has 3 heteroatoms. The molecule has 0 aliphatic carbocycles. The van der Waals surface area contributed by atoms with Gasteiger partial charge in [-0.05, 0) is 0 Å². The molecule has 0 spiro atoms. The third-order valence-electron chi connectivity index (χ3n) is 0.346. The molecule has 1 nitrogen and oxygen atoms in total. The first-order valence-electron chi connectivity index (χ1n) is 2.06. The van der Waals surface area contributed by atoms with Crippen molar-refractivity contribution in [2.75, 3.05) is 7.05 Å². The average Bonchev–Trinajstić information content (AvgIpc) is 1.35. The van der Waals surface area contributed by atoms with Crippen LogP contribution in [0.2, 0.25) is 13.6 Å². The molecule has 0 heterocycles. The summed E-state index contributed by atoms with van der Waals surface area (Å²) >= 11 is 0. The van der Waals surface area contributed by atoms with Gasteiger partial charge in [-0.25, -0.2) is 0 Å². The van der Waals surface area contributed by atoms with Crippen LogP contribution in [0.15, 0.2) is 4.74 Å². The summed E-state index contributed by atoms with van der Waals surface area (Å²) in [7, 11) is 3.04. The molecule has 0 rings (SSSR count). The van der Waals surface area contributed by atoms with E-state index in [0.717, 1.165) is 0 Å². The molecule has 0 aromatic carbocycles. The van der Waals surface area contributed by atoms with Crippen LogP contribution in [0.5, 0.6) is 0 Å². The Morgan fingerprint density at radius 2 is 2.00 bits per heavy atom. The molecule has 0 radical (unpaired) electrons. The second-order valence-electron chi connectivity index (χ2n) is 1.41. The summed E-state index contributed by atoms with van der Waals surface area (Å²) < 4.78 is 3.91. The third-order valence-corrected chi connectivity index (χ3v) is 1.04. The highest BCUT2D eigenvalue weighted by Gasteiger charge is 1.87. The number of rotatable bonds is 1. The van der Waals surface area contributed by atoms with Crippen molar-refractivity contribution in [1.29, 1.82) is 0 Å². The van der Waals surface area contributed by atoms with Gasteiger partial charge in [-0.2, -0.15) is 0 Å². The van der Waals surface area contributed by atoms with Crippen LogP contribution in [0.1, 0.15) is 0 Å². The van der Waals surface area contributed by atoms with Crippen LogP contribution in [0.3, 0.4) is 0 Å². The highest BCUT2D eigenvalue weighted by atomic mass is 31.1. The Labute approximate surface area is 41.1 Å². The minimum absolute atomic E-state index is 0.704. The summed E-state index contributed by atoms with van der Waals surface area (Å²) in [6, 6.07) is 0. The van der Waals surface area contributed by atoms with Crippen LogP contribution in [0.4, 0.5) is 0 Å². The van der Waals surface area contributed by atoms with Crippen molar-refractivity contribution in [3.63, 3.8) is 0 Å². The first kappa shape index (κ1) is 6.16. The molecule has 0 fully saturated rings. The van der Waals surface area contributed by atoms with E-state index in [4.69, 9.17) is 0 Å². The van der Waals surface area contributed by atoms with E-state index >= 15 is 0 Å². The molecule has 0 amide bonds. The highest BCUT2D eigenvalue weighted by molar-refractivity contribution is 7.68. The van der Waals surface area contributed by atoms with Gasteiger partial charge in [0.25, 0.3) is 0 Å². The number of nitrogens with zero attached hydrogens (tertiary/aromatic N) is 1. The van der Waals surface area contributed by atoms with Crippen molar-refractivity contribution < 1.29 is 0 Å². The van der Waals surface area contributed by atoms with Gasteiger partial charge in [0.15, 0.2) is 0 Å². The topological polar surface area (TPSA) is 12.4 Å². The Kier molecular flexibility index (Phi) is 3.45. The second-order valence-corrected chi connectivity index (χ2v) is 3.07. The molecule has 0 unspecified atom stereocenters. The van der Waals surface area contributed by atoms with Crippen LogP contribution in [-0.2, 0) is 0 Å². The molecule has 34 valence electrons. The van der Waals surface area contributed by atoms with E-state index in [0.29, 0.717) is 6.43 Å². The maximum absolute atomic E-state index is 3.91. The van der Waals surface area contributed by atoms with Crippen molar-refractivity contribution >= 4 is 14.7 Å². The molecule has 0 saturated carbocycles. The number of hydrogen-bond acceptors (Lipinski definition) is 1. The van der Waals surface area contributed by atoms with Crippen molar-refractivity contribution in [2.24, 2.45) is 4.74 Å². The minimum Gasteiger partial charge on any atom is -0.283 e. The maximum Gasteiger partial charge on any atom is 0.221 e. The largest absolute Gasteiger partial charge is 0.283 e. The molecule has 0 bridgehead atoms. The molecule has 0 aliphatic heterocycles. The summed E-state index contributed by atoms with van der Waals surface area (Å²) in [6.45, 7) is 4.29. The molecule has 0 aromatic rings. The van der Waals surface area contributed by atoms with Crippen molar-refractivity contribution in [2.45, 2.75) is 13.6 Å². The predicted octanol–water partition coefficient (Wildman–Crippen LogP) is 2.00. The minimum atomic E-state index is 0.704. The highest BCUT2D eigenvalue weighted by Crippen LogP contribution is 2.01. The Balaban J connectivity index is 3.03. The first-order valence-corrected chi connectivity index (χ1v) is 2.98. The summed E-state index contributed by atoms with van der Waals surface area (Å²) in [6.07, 6.45) is 0.704. The van der Waals surface area contributed by atoms with E-state index in [2.05, 4.69) is 18.4 Å². The fraction of sp³-hybridized carbons (Fsp3) is 1.00. The summed E-state index contributed by atoms with van der Waals surface area (Å²) in [5.41, 5.74) is 0. The normalized spacial score (nSPS) is 9.83. The Bertz CT molecular complexity index is 52.8. The van der Waals surface area contributed by atoms with E-state index in [1.165, 1.54) is 8.25 Å². The van der Waals surface area contributed by atoms with E-state index < -0.39 is 0 Å². The molecule has 0 saturated heterocycles. The molecule has 0 atom stereocenters. The number of hydrogen-bond donors (Lipinski definition) is 0. The van der Waals surface area contributed by atoms with E-state index in [1.54, 1.807) is 0 Å². The van der Waals surface area contributed by atoms with Crippen molar-refractivity contribution in [3.05, 3.63) is 0 Å². The first-order chi connectivity index (χ1) is 2.77. The zero-order valence-electron chi connectivity index (χ0n) is 4.47. The lowest BCUT2D eigenvalue weighted by Crippen LogP contribution is -1.80. The monoisotopic (exact) mass is 101 g/mol. The van der Waals surface area contributed by atoms with Crippen LogP contribution in [0.25, 0.3) is 0 Å². The van der Waals surface area contributed by atoms with Gasteiger partial charge < -0.3 is 0 Å². The lowest BCUT2D eigenvalue weighted by Gasteiger charge is -1.78. The van der Waals surface area contributed by atoms with Crippen LogP contribution in [0, 0.1) is 0 Å². The Hall–Kier alpha value is 0.165. The molecule has 6 heavy (non-hydrogen) atoms. The van der Waals surface area contributed by atoms with Crippen LogP contribution >= 0.6 is 8.25 Å². The standard InChI is InChI=1S/C3H9BNP/c1-4(2)6-5-3/h1-3H3. The van der Waals surface area contributed by atoms with Crippen LogP contribution in [-0.4, -0.2) is 13.5 Å². The van der Waals surface area contributed by atoms with Crippen molar-refractivity contribution in [1.82, 2.24) is 0 Å². The third kappa shape index (κ3) is 4.16. The summed E-state index contributed by atoms with van der Waals surface area (Å²) in [4.78, 5) is 0. The molecule has 0 aromatic heterocycles. The Morgan fingerprint density at radius 3 is 2.00 bits per heavy atom. The van der Waals surface area contributed by atoms with Gasteiger partial charge in [0, 0.05) is 7.05 Å². The zero-order valence-corrected chi connectivity index (χ0v) is 5.37. The van der Waals surface area contributed by atoms with E-state index in [9.17, 15) is 0 Å². The lowest BCUT2D eigenvalue weighted by atomic mass is 9.84. The van der Waals surface area contributed by atoms with Gasteiger partial charge in [0.2, 0.25) is 6.43 Å². The van der Waals surface area contributed by atoms with E-state index in [1.807, 2.05) is 7.05 Å². The SMILES string of the molecule is C/N=P/B(C)C. The molecular weight excluding hydrogens is 91.8 g/mol. The second kappa shape index (κ2) is 3.36. The zero-order chi connectivity index (χ0) is 4.99. The van der Waals surface area contributed by atoms with Crippen molar-refractivity contribution in [3.8, 4) is 0 Å². The fourth-order valence-electron chi connectivity index (χ4n) is 0.231. The van der Waals surface area contributed by atoms with Gasteiger partial charge in [0.1, 0.15) is 0 Å². The summed E-state index contributed by atoms with van der Waals surface area (Å²) in [5, 5.41) is 0. The molecule has 0 N–H and O–H groups in total. The van der Waals surface area contributed by atoms with Gasteiger partial charge in [-0.15, -0.1) is 0 Å². The quantitative estimate of drug-likeness (QED) is 0.353. The van der Waals surface area contributed by atoms with Gasteiger partial charge in [-0.1, -0.05) is 21.9 Å². The van der Waals surface area contributed by atoms with Gasteiger partial charge >= 0.3 is 0 Å². The van der Waals surface area contributed by atoms with E-state index in [-0.39, 0.29) is 0 Å². The lowest BCUT2D eigenvalue weighted by molar-refractivity contribution is 1.52. The van der Waals surface area contributed by atoms with Crippen LogP contribution < -0.4 is 0 Å². The molecular formula is C3H9BNP. The predicted molar refractivity (Wildman–Crippen MR) is 32.8 cm³/mol. The van der Waals surface area contributed by atoms with Gasteiger partial charge in [0.05, 0.1) is 0 Å². The summed E-state index contributed by atoms with van der Waals surface area (Å²) in [5.74, 6) is 0.